The number of carbonyl (C=O) groups is 2. The van der Waals surface area contributed by atoms with E-state index in [1.807, 2.05) is 37.3 Å². The molecule has 35 heavy (non-hydrogen) atoms. The second-order valence-corrected chi connectivity index (χ2v) is 11.3. The monoisotopic (exact) mass is 489 g/mol. The standard InChI is InChI=1S/C27H27N3O4S/c1-14-12-18-13-17(8-11-20(18)34-14)23(31)21-22(16-6-9-19(10-7-16)27(3,4)5)30(25(33)24(21)32)26-29-28-15(2)35-26/h6-11,13-14,22,31H,12H2,1-5H3/t14-,22-/m0/s1. The van der Waals surface area contributed by atoms with E-state index >= 15 is 0 Å². The summed E-state index contributed by atoms with van der Waals surface area (Å²) >= 11 is 1.23. The first-order valence-electron chi connectivity index (χ1n) is 11.6. The van der Waals surface area contributed by atoms with Crippen LogP contribution in [0.3, 0.4) is 0 Å². The van der Waals surface area contributed by atoms with Crippen LogP contribution in [0.25, 0.3) is 5.76 Å². The highest BCUT2D eigenvalue weighted by Crippen LogP contribution is 2.44. The van der Waals surface area contributed by atoms with Crippen LogP contribution >= 0.6 is 11.3 Å². The molecule has 5 rings (SSSR count). The predicted molar refractivity (Wildman–Crippen MR) is 135 cm³/mol. The lowest BCUT2D eigenvalue weighted by atomic mass is 9.85. The number of benzene rings is 2. The number of ether oxygens (including phenoxy) is 1. The molecule has 0 saturated carbocycles. The van der Waals surface area contributed by atoms with Gasteiger partial charge < -0.3 is 9.84 Å². The highest BCUT2D eigenvalue weighted by molar-refractivity contribution is 7.15. The summed E-state index contributed by atoms with van der Waals surface area (Å²) < 4.78 is 5.77. The number of carbonyl (C=O) groups excluding carboxylic acids is 2. The molecular weight excluding hydrogens is 462 g/mol. The maximum atomic E-state index is 13.3. The highest BCUT2D eigenvalue weighted by atomic mass is 32.1. The average molecular weight is 490 g/mol. The van der Waals surface area contributed by atoms with E-state index in [4.69, 9.17) is 4.74 Å². The van der Waals surface area contributed by atoms with E-state index < -0.39 is 17.7 Å². The topological polar surface area (TPSA) is 92.6 Å². The van der Waals surface area contributed by atoms with Gasteiger partial charge in [0, 0.05) is 12.0 Å². The number of amides is 1. The van der Waals surface area contributed by atoms with Gasteiger partial charge in [0.1, 0.15) is 22.6 Å². The van der Waals surface area contributed by atoms with Crippen molar-refractivity contribution in [2.24, 2.45) is 0 Å². The number of aliphatic hydroxyl groups is 1. The molecule has 8 heteroatoms. The maximum absolute atomic E-state index is 13.3. The molecule has 3 heterocycles. The van der Waals surface area contributed by atoms with E-state index in [1.54, 1.807) is 19.1 Å². The Morgan fingerprint density at radius 2 is 1.83 bits per heavy atom. The Morgan fingerprint density at radius 3 is 2.46 bits per heavy atom. The van der Waals surface area contributed by atoms with Gasteiger partial charge in [0.25, 0.3) is 5.78 Å². The lowest BCUT2D eigenvalue weighted by Crippen LogP contribution is -2.29. The fraction of sp³-hybridized carbons (Fsp3) is 0.333. The van der Waals surface area contributed by atoms with Crippen LogP contribution in [0.4, 0.5) is 5.13 Å². The van der Waals surface area contributed by atoms with E-state index in [1.165, 1.54) is 16.2 Å². The molecule has 3 aromatic rings. The molecule has 0 aliphatic carbocycles. The Balaban J connectivity index is 1.67. The summed E-state index contributed by atoms with van der Waals surface area (Å²) in [6, 6.07) is 12.3. The first kappa shape index (κ1) is 23.2. The van der Waals surface area contributed by atoms with Crippen molar-refractivity contribution in [3.63, 3.8) is 0 Å². The van der Waals surface area contributed by atoms with Crippen molar-refractivity contribution in [1.82, 2.24) is 10.2 Å². The molecule has 0 bridgehead atoms. The van der Waals surface area contributed by atoms with E-state index in [-0.39, 0.29) is 22.9 Å². The number of nitrogens with zero attached hydrogens (tertiary/aromatic N) is 3. The number of hydrogen-bond donors (Lipinski definition) is 1. The van der Waals surface area contributed by atoms with Crippen LogP contribution in [-0.4, -0.2) is 33.1 Å². The van der Waals surface area contributed by atoms with Gasteiger partial charge in [0.15, 0.2) is 0 Å². The molecule has 2 atom stereocenters. The van der Waals surface area contributed by atoms with Crippen LogP contribution in [0.5, 0.6) is 5.75 Å². The van der Waals surface area contributed by atoms with Gasteiger partial charge in [-0.1, -0.05) is 56.4 Å². The molecule has 2 aromatic carbocycles. The number of ketones is 1. The van der Waals surface area contributed by atoms with Crippen molar-refractivity contribution < 1.29 is 19.4 Å². The number of rotatable bonds is 3. The Kier molecular flexibility index (Phi) is 5.51. The lowest BCUT2D eigenvalue weighted by molar-refractivity contribution is -0.132. The van der Waals surface area contributed by atoms with Gasteiger partial charge in [-0.15, -0.1) is 10.2 Å². The zero-order valence-electron chi connectivity index (χ0n) is 20.3. The Bertz CT molecular complexity index is 1370. The zero-order chi connectivity index (χ0) is 25.1. The number of anilines is 1. The fourth-order valence-corrected chi connectivity index (χ4v) is 5.33. The number of Topliss-reactive ketones (excluding diaryl/α,β-unsaturated/α-hetero) is 1. The molecule has 180 valence electrons. The summed E-state index contributed by atoms with van der Waals surface area (Å²) in [4.78, 5) is 27.9. The molecule has 2 aliphatic heterocycles. The first-order chi connectivity index (χ1) is 16.5. The Hall–Kier alpha value is -3.52. The number of fused-ring (bicyclic) bond motifs is 1. The van der Waals surface area contributed by atoms with Crippen LogP contribution in [0.1, 0.15) is 61.0 Å². The van der Waals surface area contributed by atoms with Gasteiger partial charge >= 0.3 is 5.91 Å². The van der Waals surface area contributed by atoms with Crippen molar-refractivity contribution in [2.45, 2.75) is 58.6 Å². The molecule has 0 spiro atoms. The van der Waals surface area contributed by atoms with Crippen LogP contribution in [0.15, 0.2) is 48.0 Å². The molecule has 1 saturated heterocycles. The van der Waals surface area contributed by atoms with E-state index in [2.05, 4.69) is 31.0 Å². The summed E-state index contributed by atoms with van der Waals surface area (Å²) in [5, 5.41) is 20.6. The SMILES string of the molecule is Cc1nnc(N2C(=O)C(=O)C(=C(O)c3ccc4c(c3)C[C@H](C)O4)[C@@H]2c2ccc(C(C)(C)C)cc2)s1. The summed E-state index contributed by atoms with van der Waals surface area (Å²) in [5.74, 6) is -0.913. The molecular formula is C27H27N3O4S. The minimum atomic E-state index is -0.820. The molecule has 2 aliphatic rings. The first-order valence-corrected chi connectivity index (χ1v) is 12.4. The maximum Gasteiger partial charge on any atom is 0.301 e. The van der Waals surface area contributed by atoms with Gasteiger partial charge in [-0.3, -0.25) is 14.5 Å². The van der Waals surface area contributed by atoms with Crippen LogP contribution in [0.2, 0.25) is 0 Å². The number of hydrogen-bond acceptors (Lipinski definition) is 7. The molecule has 1 amide bonds. The quantitative estimate of drug-likeness (QED) is 0.313. The third-order valence-corrected chi connectivity index (χ3v) is 7.27. The van der Waals surface area contributed by atoms with Crippen LogP contribution < -0.4 is 9.64 Å². The average Bonchev–Trinajstić information content (AvgIpc) is 3.47. The van der Waals surface area contributed by atoms with Crippen molar-refractivity contribution in [3.8, 4) is 5.75 Å². The van der Waals surface area contributed by atoms with E-state index in [0.29, 0.717) is 27.7 Å². The van der Waals surface area contributed by atoms with Crippen molar-refractivity contribution in [1.29, 1.82) is 0 Å². The number of aliphatic hydroxyl groups excluding tert-OH is 1. The van der Waals surface area contributed by atoms with Gasteiger partial charge in [-0.2, -0.15) is 0 Å². The van der Waals surface area contributed by atoms with Gasteiger partial charge in [-0.25, -0.2) is 0 Å². The molecule has 1 N–H and O–H groups in total. The third-order valence-electron chi connectivity index (χ3n) is 6.43. The fourth-order valence-electron chi connectivity index (χ4n) is 4.62. The smallest absolute Gasteiger partial charge is 0.301 e. The van der Waals surface area contributed by atoms with Gasteiger partial charge in [0.05, 0.1) is 11.6 Å². The minimum absolute atomic E-state index is 0.0401. The summed E-state index contributed by atoms with van der Waals surface area (Å²) in [6.07, 6.45) is 0.766. The van der Waals surface area contributed by atoms with Crippen LogP contribution in [-0.2, 0) is 21.4 Å². The minimum Gasteiger partial charge on any atom is -0.507 e. The van der Waals surface area contributed by atoms with Crippen molar-refractivity contribution >= 4 is 33.9 Å². The second-order valence-electron chi connectivity index (χ2n) is 10.1. The van der Waals surface area contributed by atoms with Gasteiger partial charge in [0.2, 0.25) is 5.13 Å². The van der Waals surface area contributed by atoms with E-state index in [9.17, 15) is 14.7 Å². The highest BCUT2D eigenvalue weighted by Gasteiger charge is 2.48. The van der Waals surface area contributed by atoms with Crippen molar-refractivity contribution in [3.05, 3.63) is 75.3 Å². The molecule has 1 aromatic heterocycles. The predicted octanol–water partition coefficient (Wildman–Crippen LogP) is 5.09. The Morgan fingerprint density at radius 1 is 1.11 bits per heavy atom. The van der Waals surface area contributed by atoms with E-state index in [0.717, 1.165) is 16.9 Å². The zero-order valence-corrected chi connectivity index (χ0v) is 21.1. The van der Waals surface area contributed by atoms with Gasteiger partial charge in [-0.05, 0) is 54.2 Å². The second kappa shape index (κ2) is 8.30. The molecule has 0 unspecified atom stereocenters. The molecule has 1 fully saturated rings. The molecule has 7 nitrogen and oxygen atoms in total. The Labute approximate surface area is 208 Å². The normalized spacial score (nSPS) is 21.3. The summed E-state index contributed by atoms with van der Waals surface area (Å²) in [7, 11) is 0. The third kappa shape index (κ3) is 4.01. The summed E-state index contributed by atoms with van der Waals surface area (Å²) in [5.41, 5.74) is 3.26. The number of aryl methyl sites for hydroxylation is 1. The summed E-state index contributed by atoms with van der Waals surface area (Å²) in [6.45, 7) is 10.1. The molecule has 0 radical (unpaired) electrons. The van der Waals surface area contributed by atoms with Crippen LogP contribution in [0, 0.1) is 6.92 Å². The van der Waals surface area contributed by atoms with Crippen molar-refractivity contribution in [2.75, 3.05) is 4.90 Å². The largest absolute Gasteiger partial charge is 0.507 e. The number of aromatic nitrogens is 2. The lowest BCUT2D eigenvalue weighted by Gasteiger charge is -2.24.